The highest BCUT2D eigenvalue weighted by Gasteiger charge is 2.23. The van der Waals surface area contributed by atoms with Crippen LogP contribution in [0, 0.1) is 0 Å². The molecule has 0 aliphatic carbocycles. The van der Waals surface area contributed by atoms with Gasteiger partial charge in [0.2, 0.25) is 0 Å². The van der Waals surface area contributed by atoms with Gasteiger partial charge in [-0.25, -0.2) is 4.98 Å². The fraction of sp³-hybridized carbons (Fsp3) is 0.769. The lowest BCUT2D eigenvalue weighted by atomic mass is 10.1. The van der Waals surface area contributed by atoms with Crippen molar-refractivity contribution < 1.29 is 0 Å². The van der Waals surface area contributed by atoms with Gasteiger partial charge in [0.1, 0.15) is 0 Å². The van der Waals surface area contributed by atoms with Gasteiger partial charge in [-0.1, -0.05) is 0 Å². The highest BCUT2D eigenvalue weighted by molar-refractivity contribution is 7.09. The molecule has 2 N–H and O–H groups in total. The Morgan fingerprint density at radius 3 is 3.12 bits per heavy atom. The molecule has 1 aromatic heterocycles. The van der Waals surface area contributed by atoms with Crippen LogP contribution in [0.1, 0.15) is 42.8 Å². The molecule has 1 aromatic rings. The third-order valence-corrected chi connectivity index (χ3v) is 4.36. The number of thiazole rings is 1. The summed E-state index contributed by atoms with van der Waals surface area (Å²) in [5, 5.41) is 3.54. The van der Waals surface area contributed by atoms with Gasteiger partial charge < -0.3 is 10.6 Å². The fourth-order valence-corrected chi connectivity index (χ4v) is 3.30. The van der Waals surface area contributed by atoms with Gasteiger partial charge in [-0.2, -0.15) is 0 Å². The molecule has 2 rings (SSSR count). The van der Waals surface area contributed by atoms with Crippen molar-refractivity contribution in [1.82, 2.24) is 9.88 Å². The zero-order chi connectivity index (χ0) is 12.3. The quantitative estimate of drug-likeness (QED) is 0.875. The minimum absolute atomic E-state index is 0.318. The second-order valence-electron chi connectivity index (χ2n) is 5.28. The maximum atomic E-state index is 5.75. The molecule has 4 heteroatoms. The van der Waals surface area contributed by atoms with E-state index in [1.54, 1.807) is 0 Å². The molecule has 2 atom stereocenters. The van der Waals surface area contributed by atoms with Crippen LogP contribution in [0.15, 0.2) is 5.38 Å². The average Bonchev–Trinajstić information content (AvgIpc) is 2.86. The summed E-state index contributed by atoms with van der Waals surface area (Å²) in [6.45, 7) is 4.45. The van der Waals surface area contributed by atoms with Crippen molar-refractivity contribution in [2.24, 2.45) is 5.73 Å². The summed E-state index contributed by atoms with van der Waals surface area (Å²) in [6.07, 6.45) is 4.62. The lowest BCUT2D eigenvalue weighted by Crippen LogP contribution is -2.14. The van der Waals surface area contributed by atoms with E-state index in [4.69, 9.17) is 10.7 Å². The molecule has 0 radical (unpaired) electrons. The van der Waals surface area contributed by atoms with Crippen molar-refractivity contribution in [3.8, 4) is 0 Å². The lowest BCUT2D eigenvalue weighted by molar-refractivity contribution is 0.411. The minimum Gasteiger partial charge on any atom is -0.328 e. The van der Waals surface area contributed by atoms with Gasteiger partial charge in [-0.15, -0.1) is 11.3 Å². The smallest absolute Gasteiger partial charge is 0.0928 e. The summed E-state index contributed by atoms with van der Waals surface area (Å²) in [5.41, 5.74) is 7.07. The normalized spacial score (nSPS) is 23.1. The molecule has 1 fully saturated rings. The van der Waals surface area contributed by atoms with Gasteiger partial charge in [0.05, 0.1) is 10.7 Å². The molecule has 2 heterocycles. The molecule has 1 aliphatic rings. The molecule has 0 spiro atoms. The van der Waals surface area contributed by atoms with E-state index in [1.807, 2.05) is 11.3 Å². The summed E-state index contributed by atoms with van der Waals surface area (Å²) in [4.78, 5) is 7.16. The molecular weight excluding hydrogens is 230 g/mol. The number of likely N-dealkylation sites (N-methyl/N-ethyl adjacent to an activating group) is 1. The Hall–Kier alpha value is -0.450. The second-order valence-corrected chi connectivity index (χ2v) is 6.23. The third kappa shape index (κ3) is 3.76. The summed E-state index contributed by atoms with van der Waals surface area (Å²) >= 11 is 1.82. The highest BCUT2D eigenvalue weighted by Crippen LogP contribution is 2.27. The number of rotatable bonds is 5. The van der Waals surface area contributed by atoms with Crippen LogP contribution in [-0.4, -0.2) is 36.1 Å². The molecule has 0 saturated carbocycles. The number of aryl methyl sites for hydroxylation is 1. The molecule has 1 saturated heterocycles. The summed E-state index contributed by atoms with van der Waals surface area (Å²) < 4.78 is 0. The first-order chi connectivity index (χ1) is 8.15. The standard InChI is InChI=1S/C13H23N3S/c1-10(14)4-3-5-13-15-12(9-17-13)11-6-7-16(2)8-11/h9-11H,3-8,14H2,1-2H3. The maximum Gasteiger partial charge on any atom is 0.0928 e. The minimum atomic E-state index is 0.318. The van der Waals surface area contributed by atoms with Gasteiger partial charge in [0.15, 0.2) is 0 Å². The van der Waals surface area contributed by atoms with Gasteiger partial charge >= 0.3 is 0 Å². The Kier molecular flexibility index (Phi) is 4.54. The molecule has 0 aromatic carbocycles. The van der Waals surface area contributed by atoms with Crippen LogP contribution in [-0.2, 0) is 6.42 Å². The third-order valence-electron chi connectivity index (χ3n) is 3.43. The molecule has 96 valence electrons. The van der Waals surface area contributed by atoms with Crippen LogP contribution < -0.4 is 5.73 Å². The van der Waals surface area contributed by atoms with Crippen LogP contribution in [0.2, 0.25) is 0 Å². The number of likely N-dealkylation sites (tertiary alicyclic amines) is 1. The van der Waals surface area contributed by atoms with Crippen molar-refractivity contribution in [2.75, 3.05) is 20.1 Å². The van der Waals surface area contributed by atoms with Crippen molar-refractivity contribution in [2.45, 2.75) is 44.6 Å². The molecule has 2 unspecified atom stereocenters. The van der Waals surface area contributed by atoms with Gasteiger partial charge in [0, 0.05) is 23.9 Å². The molecule has 17 heavy (non-hydrogen) atoms. The van der Waals surface area contributed by atoms with Crippen LogP contribution in [0.4, 0.5) is 0 Å². The molecule has 0 amide bonds. The molecule has 0 bridgehead atoms. The van der Waals surface area contributed by atoms with Gasteiger partial charge in [-0.3, -0.25) is 0 Å². The van der Waals surface area contributed by atoms with Crippen molar-refractivity contribution in [1.29, 1.82) is 0 Å². The number of hydrogen-bond donors (Lipinski definition) is 1. The van der Waals surface area contributed by atoms with E-state index >= 15 is 0 Å². The van der Waals surface area contributed by atoms with Crippen molar-refractivity contribution in [3.05, 3.63) is 16.1 Å². The Labute approximate surface area is 108 Å². The van der Waals surface area contributed by atoms with E-state index in [9.17, 15) is 0 Å². The van der Waals surface area contributed by atoms with Crippen LogP contribution in [0.5, 0.6) is 0 Å². The first-order valence-electron chi connectivity index (χ1n) is 6.53. The van der Waals surface area contributed by atoms with Crippen LogP contribution in [0.3, 0.4) is 0 Å². The monoisotopic (exact) mass is 253 g/mol. The Morgan fingerprint density at radius 1 is 1.65 bits per heavy atom. The fourth-order valence-electron chi connectivity index (χ4n) is 2.38. The summed E-state index contributed by atoms with van der Waals surface area (Å²) in [7, 11) is 2.19. The summed E-state index contributed by atoms with van der Waals surface area (Å²) in [6, 6.07) is 0.318. The molecule has 3 nitrogen and oxygen atoms in total. The Morgan fingerprint density at radius 2 is 2.47 bits per heavy atom. The largest absolute Gasteiger partial charge is 0.328 e. The average molecular weight is 253 g/mol. The SMILES string of the molecule is CC(N)CCCc1nc(C2CCN(C)C2)cs1. The van der Waals surface area contributed by atoms with E-state index in [2.05, 4.69) is 24.3 Å². The summed E-state index contributed by atoms with van der Waals surface area (Å²) in [5.74, 6) is 0.665. The Bertz CT molecular complexity index is 348. The topological polar surface area (TPSA) is 42.1 Å². The first-order valence-corrected chi connectivity index (χ1v) is 7.41. The first kappa shape index (κ1) is 13.0. The zero-order valence-corrected chi connectivity index (χ0v) is 11.7. The van der Waals surface area contributed by atoms with Crippen LogP contribution >= 0.6 is 11.3 Å². The zero-order valence-electron chi connectivity index (χ0n) is 10.9. The number of nitrogens with zero attached hydrogens (tertiary/aromatic N) is 2. The van der Waals surface area contributed by atoms with E-state index in [1.165, 1.54) is 30.2 Å². The number of nitrogens with two attached hydrogens (primary N) is 1. The van der Waals surface area contributed by atoms with E-state index < -0.39 is 0 Å². The van der Waals surface area contributed by atoms with Gasteiger partial charge in [-0.05, 0) is 46.2 Å². The van der Waals surface area contributed by atoms with E-state index in [-0.39, 0.29) is 0 Å². The number of aromatic nitrogens is 1. The predicted molar refractivity (Wildman–Crippen MR) is 73.6 cm³/mol. The molecule has 1 aliphatic heterocycles. The lowest BCUT2D eigenvalue weighted by Gasteiger charge is -2.07. The van der Waals surface area contributed by atoms with Crippen molar-refractivity contribution in [3.63, 3.8) is 0 Å². The second kappa shape index (κ2) is 5.94. The van der Waals surface area contributed by atoms with Crippen LogP contribution in [0.25, 0.3) is 0 Å². The molecular formula is C13H23N3S. The maximum absolute atomic E-state index is 5.75. The number of hydrogen-bond acceptors (Lipinski definition) is 4. The van der Waals surface area contributed by atoms with Crippen molar-refractivity contribution >= 4 is 11.3 Å². The van der Waals surface area contributed by atoms with E-state index in [0.29, 0.717) is 12.0 Å². The van der Waals surface area contributed by atoms with E-state index in [0.717, 1.165) is 19.3 Å². The predicted octanol–water partition coefficient (Wildman–Crippen LogP) is 2.23. The highest BCUT2D eigenvalue weighted by atomic mass is 32.1. The van der Waals surface area contributed by atoms with Gasteiger partial charge in [0.25, 0.3) is 0 Å². The Balaban J connectivity index is 1.83.